The Labute approximate surface area is 204 Å². The quantitative estimate of drug-likeness (QED) is 0.364. The summed E-state index contributed by atoms with van der Waals surface area (Å²) in [6, 6.07) is 18.0. The van der Waals surface area contributed by atoms with Crippen molar-refractivity contribution in [3.8, 4) is 17.0 Å². The second-order valence-electron chi connectivity index (χ2n) is 8.96. The van der Waals surface area contributed by atoms with Crippen LogP contribution in [0.15, 0.2) is 67.0 Å². The van der Waals surface area contributed by atoms with Gasteiger partial charge in [0.15, 0.2) is 0 Å². The summed E-state index contributed by atoms with van der Waals surface area (Å²) >= 11 is 0. The molecular weight excluding hydrogens is 440 g/mol. The molecule has 2 unspecified atom stereocenters. The van der Waals surface area contributed by atoms with Gasteiger partial charge in [0, 0.05) is 23.9 Å². The average Bonchev–Trinajstić information content (AvgIpc) is 3.30. The van der Waals surface area contributed by atoms with E-state index in [1.54, 1.807) is 6.20 Å². The van der Waals surface area contributed by atoms with Crippen LogP contribution in [0.5, 0.6) is 5.75 Å². The van der Waals surface area contributed by atoms with Crippen molar-refractivity contribution in [1.29, 1.82) is 0 Å². The number of fused-ring (bicyclic) bond motifs is 1. The molecule has 7 nitrogen and oxygen atoms in total. The van der Waals surface area contributed by atoms with Crippen molar-refractivity contribution in [3.05, 3.63) is 78.4 Å². The highest BCUT2D eigenvalue weighted by Crippen LogP contribution is 2.39. The van der Waals surface area contributed by atoms with Crippen molar-refractivity contribution in [2.24, 2.45) is 5.92 Å². The molecule has 2 N–H and O–H groups in total. The summed E-state index contributed by atoms with van der Waals surface area (Å²) in [5.74, 6) is 2.03. The predicted octanol–water partition coefficient (Wildman–Crippen LogP) is 5.39. The van der Waals surface area contributed by atoms with Gasteiger partial charge in [0.05, 0.1) is 12.5 Å². The number of anilines is 1. The largest absolute Gasteiger partial charge is 0.489 e. The van der Waals surface area contributed by atoms with E-state index >= 15 is 0 Å². The highest BCUT2D eigenvalue weighted by atomic mass is 16.5. The normalized spacial score (nSPS) is 17.9. The molecule has 0 spiro atoms. The van der Waals surface area contributed by atoms with Crippen molar-refractivity contribution >= 4 is 17.3 Å². The Hall–Kier alpha value is -3.87. The van der Waals surface area contributed by atoms with Crippen LogP contribution in [0.3, 0.4) is 0 Å². The van der Waals surface area contributed by atoms with Gasteiger partial charge < -0.3 is 15.2 Å². The first-order chi connectivity index (χ1) is 17.1. The molecule has 7 heteroatoms. The highest BCUT2D eigenvalue weighted by Gasteiger charge is 2.32. The first-order valence-corrected chi connectivity index (χ1v) is 12.2. The Bertz CT molecular complexity index is 1320. The zero-order valence-electron chi connectivity index (χ0n) is 19.9. The summed E-state index contributed by atoms with van der Waals surface area (Å²) in [6.07, 6.45) is 7.11. The van der Waals surface area contributed by atoms with Gasteiger partial charge in [-0.05, 0) is 43.9 Å². The van der Waals surface area contributed by atoms with Crippen molar-refractivity contribution in [2.45, 2.75) is 45.1 Å². The summed E-state index contributed by atoms with van der Waals surface area (Å²) in [5.41, 5.74) is 9.92. The monoisotopic (exact) mass is 470 g/mol. The molecule has 180 valence electrons. The van der Waals surface area contributed by atoms with E-state index in [1.165, 1.54) is 0 Å². The van der Waals surface area contributed by atoms with Gasteiger partial charge in [0.1, 0.15) is 35.2 Å². The maximum Gasteiger partial charge on any atom is 0.308 e. The third-order valence-corrected chi connectivity index (χ3v) is 6.63. The lowest BCUT2D eigenvalue weighted by Crippen LogP contribution is -2.24. The number of carbonyl (C=O) groups excluding carboxylic acids is 1. The number of imidazole rings is 1. The van der Waals surface area contributed by atoms with Gasteiger partial charge in [-0.15, -0.1) is 0 Å². The first-order valence-electron chi connectivity index (χ1n) is 12.2. The van der Waals surface area contributed by atoms with Crippen molar-refractivity contribution < 1.29 is 14.3 Å². The molecule has 2 atom stereocenters. The van der Waals surface area contributed by atoms with Gasteiger partial charge in [-0.25, -0.2) is 9.97 Å². The summed E-state index contributed by atoms with van der Waals surface area (Å²) < 4.78 is 13.4. The minimum atomic E-state index is -0.109. The average molecular weight is 471 g/mol. The topological polar surface area (TPSA) is 91.7 Å². The van der Waals surface area contributed by atoms with Gasteiger partial charge in [-0.1, -0.05) is 48.9 Å². The molecule has 1 saturated carbocycles. The van der Waals surface area contributed by atoms with Gasteiger partial charge in [-0.2, -0.15) is 0 Å². The molecule has 2 heterocycles. The van der Waals surface area contributed by atoms with Crippen molar-refractivity contribution in [3.63, 3.8) is 0 Å². The van der Waals surface area contributed by atoms with E-state index in [4.69, 9.17) is 20.2 Å². The Balaban J connectivity index is 1.47. The van der Waals surface area contributed by atoms with Crippen molar-refractivity contribution in [2.75, 3.05) is 12.3 Å². The first kappa shape index (κ1) is 22.9. The number of carbonyl (C=O) groups is 1. The maximum absolute atomic E-state index is 12.4. The standard InChI is InChI=1S/C28H30N4O3/c1-2-34-28(33)22-12-6-11-21(16-22)27-31-24(25-26(29)30-14-15-32(25)27)20-10-7-13-23(17-20)35-18-19-8-4-3-5-9-19/h3-5,7-10,13-15,17,21-22H,2,6,11-12,16,18H2,1H3,(H2,29,30). The summed E-state index contributed by atoms with van der Waals surface area (Å²) in [4.78, 5) is 21.8. The molecule has 0 aliphatic heterocycles. The maximum atomic E-state index is 12.4. The molecule has 4 aromatic rings. The molecule has 5 rings (SSSR count). The van der Waals surface area contributed by atoms with Crippen LogP contribution in [0.2, 0.25) is 0 Å². The molecule has 1 aliphatic carbocycles. The molecule has 2 aromatic heterocycles. The zero-order chi connectivity index (χ0) is 24.2. The van der Waals surface area contributed by atoms with Crippen LogP contribution in [0.25, 0.3) is 16.8 Å². The number of hydrogen-bond acceptors (Lipinski definition) is 6. The lowest BCUT2D eigenvalue weighted by atomic mass is 9.81. The van der Waals surface area contributed by atoms with E-state index in [0.717, 1.165) is 59.6 Å². The van der Waals surface area contributed by atoms with Crippen molar-refractivity contribution in [1.82, 2.24) is 14.4 Å². The van der Waals surface area contributed by atoms with Crippen LogP contribution in [0, 0.1) is 5.92 Å². The van der Waals surface area contributed by atoms with E-state index in [9.17, 15) is 4.79 Å². The number of rotatable bonds is 7. The van der Waals surface area contributed by atoms with E-state index in [0.29, 0.717) is 19.0 Å². The Kier molecular flexibility index (Phi) is 6.66. The van der Waals surface area contributed by atoms with E-state index in [-0.39, 0.29) is 17.8 Å². The van der Waals surface area contributed by atoms with E-state index < -0.39 is 0 Å². The zero-order valence-corrected chi connectivity index (χ0v) is 19.9. The second-order valence-corrected chi connectivity index (χ2v) is 8.96. The third-order valence-electron chi connectivity index (χ3n) is 6.63. The minimum absolute atomic E-state index is 0.0987. The molecule has 1 aliphatic rings. The Morgan fingerprint density at radius 1 is 1.14 bits per heavy atom. The van der Waals surface area contributed by atoms with Gasteiger partial charge >= 0.3 is 5.97 Å². The fourth-order valence-corrected chi connectivity index (χ4v) is 4.95. The predicted molar refractivity (Wildman–Crippen MR) is 135 cm³/mol. The van der Waals surface area contributed by atoms with Crippen LogP contribution in [0.4, 0.5) is 5.82 Å². The smallest absolute Gasteiger partial charge is 0.308 e. The fourth-order valence-electron chi connectivity index (χ4n) is 4.95. The molecule has 0 amide bonds. The van der Waals surface area contributed by atoms with Crippen LogP contribution < -0.4 is 10.5 Å². The lowest BCUT2D eigenvalue weighted by molar-refractivity contribution is -0.149. The van der Waals surface area contributed by atoms with E-state index in [1.807, 2.05) is 72.1 Å². The molecule has 0 bridgehead atoms. The number of esters is 1. The number of ether oxygens (including phenoxy) is 2. The van der Waals surface area contributed by atoms with Gasteiger partial charge in [0.2, 0.25) is 0 Å². The lowest BCUT2D eigenvalue weighted by Gasteiger charge is -2.27. The minimum Gasteiger partial charge on any atom is -0.489 e. The van der Waals surface area contributed by atoms with Gasteiger partial charge in [0.25, 0.3) is 0 Å². The Morgan fingerprint density at radius 3 is 2.83 bits per heavy atom. The summed E-state index contributed by atoms with van der Waals surface area (Å²) in [7, 11) is 0. The SMILES string of the molecule is CCOC(=O)C1CCCC(c2nc(-c3cccc(OCc4ccccc4)c3)c3c(N)nccn23)C1. The number of hydrogen-bond donors (Lipinski definition) is 1. The van der Waals surface area contributed by atoms with Crippen LogP contribution in [0.1, 0.15) is 49.9 Å². The number of nitrogens with two attached hydrogens (primary N) is 1. The molecule has 35 heavy (non-hydrogen) atoms. The van der Waals surface area contributed by atoms with Gasteiger partial charge in [-0.3, -0.25) is 9.20 Å². The molecule has 2 aromatic carbocycles. The number of benzene rings is 2. The summed E-state index contributed by atoms with van der Waals surface area (Å²) in [6.45, 7) is 2.74. The van der Waals surface area contributed by atoms with E-state index in [2.05, 4.69) is 4.98 Å². The van der Waals surface area contributed by atoms with Crippen LogP contribution >= 0.6 is 0 Å². The molecular formula is C28H30N4O3. The highest BCUT2D eigenvalue weighted by molar-refractivity contribution is 5.85. The van der Waals surface area contributed by atoms with Crippen LogP contribution in [-0.2, 0) is 16.1 Å². The molecule has 0 saturated heterocycles. The molecule has 0 radical (unpaired) electrons. The van der Waals surface area contributed by atoms with Crippen LogP contribution in [-0.4, -0.2) is 26.9 Å². The fraction of sp³-hybridized carbons (Fsp3) is 0.321. The molecule has 1 fully saturated rings. The Morgan fingerprint density at radius 2 is 2.00 bits per heavy atom. The number of nitrogen functional groups attached to an aromatic ring is 1. The summed E-state index contributed by atoms with van der Waals surface area (Å²) in [5, 5.41) is 0. The third kappa shape index (κ3) is 4.85. The second kappa shape index (κ2) is 10.2. The number of nitrogens with zero attached hydrogens (tertiary/aromatic N) is 3. The number of aromatic nitrogens is 3.